The lowest BCUT2D eigenvalue weighted by Gasteiger charge is -2.31. The average molecular weight is 280 g/mol. The van der Waals surface area contributed by atoms with Gasteiger partial charge in [0.15, 0.2) is 0 Å². The summed E-state index contributed by atoms with van der Waals surface area (Å²) in [7, 11) is 0. The molecule has 0 aliphatic rings. The zero-order chi connectivity index (χ0) is 16.0. The van der Waals surface area contributed by atoms with E-state index in [1.165, 1.54) is 5.57 Å². The third kappa shape index (κ3) is 8.19. The molecule has 0 aromatic heterocycles. The van der Waals surface area contributed by atoms with Crippen molar-refractivity contribution in [2.75, 3.05) is 0 Å². The number of hydrogen-bond donors (Lipinski definition) is 0. The Morgan fingerprint density at radius 3 is 2.10 bits per heavy atom. The highest BCUT2D eigenvalue weighted by atomic mass is 16.6. The minimum Gasteiger partial charge on any atom is -0.460 e. The molecule has 20 heavy (non-hydrogen) atoms. The van der Waals surface area contributed by atoms with E-state index in [0.29, 0.717) is 6.42 Å². The van der Waals surface area contributed by atoms with Crippen LogP contribution in [0, 0.1) is 5.41 Å². The van der Waals surface area contributed by atoms with Gasteiger partial charge in [-0.2, -0.15) is 0 Å². The lowest BCUT2D eigenvalue weighted by molar-refractivity contribution is -0.167. The Balaban J connectivity index is 4.78. The van der Waals surface area contributed by atoms with Crippen LogP contribution in [0.1, 0.15) is 74.1 Å². The summed E-state index contributed by atoms with van der Waals surface area (Å²) in [6, 6.07) is 0. The Hall–Kier alpha value is -1.05. The largest absolute Gasteiger partial charge is 0.460 e. The van der Waals surface area contributed by atoms with Crippen molar-refractivity contribution in [3.63, 3.8) is 0 Å². The molecule has 0 aliphatic heterocycles. The molecule has 0 N–H and O–H groups in total. The number of allylic oxidation sites excluding steroid dienone is 3. The van der Waals surface area contributed by atoms with Crippen molar-refractivity contribution in [3.05, 3.63) is 23.8 Å². The van der Waals surface area contributed by atoms with Gasteiger partial charge >= 0.3 is 5.97 Å². The first-order valence-electron chi connectivity index (χ1n) is 7.47. The van der Waals surface area contributed by atoms with Crippen LogP contribution in [0.2, 0.25) is 0 Å². The molecule has 0 aliphatic carbocycles. The van der Waals surface area contributed by atoms with Gasteiger partial charge in [-0.3, -0.25) is 4.79 Å². The van der Waals surface area contributed by atoms with Gasteiger partial charge in [0, 0.05) is 0 Å². The normalized spacial score (nSPS) is 14.3. The van der Waals surface area contributed by atoms with Gasteiger partial charge in [0.05, 0.1) is 5.41 Å². The van der Waals surface area contributed by atoms with Gasteiger partial charge in [-0.25, -0.2) is 0 Å². The van der Waals surface area contributed by atoms with Crippen LogP contribution in [-0.4, -0.2) is 11.6 Å². The highest BCUT2D eigenvalue weighted by Crippen LogP contribution is 2.34. The summed E-state index contributed by atoms with van der Waals surface area (Å²) in [5.74, 6) is -0.106. The molecule has 2 heteroatoms. The molecule has 2 nitrogen and oxygen atoms in total. The third-order valence-electron chi connectivity index (χ3n) is 3.07. The summed E-state index contributed by atoms with van der Waals surface area (Å²) >= 11 is 0. The average Bonchev–Trinajstić information content (AvgIpc) is 2.20. The van der Waals surface area contributed by atoms with Gasteiger partial charge in [-0.1, -0.05) is 17.2 Å². The van der Waals surface area contributed by atoms with Crippen LogP contribution in [0.15, 0.2) is 23.8 Å². The van der Waals surface area contributed by atoms with Crippen LogP contribution in [0.25, 0.3) is 0 Å². The zero-order valence-electron chi connectivity index (χ0n) is 14.4. The predicted molar refractivity (Wildman–Crippen MR) is 86.7 cm³/mol. The van der Waals surface area contributed by atoms with Crippen molar-refractivity contribution >= 4 is 5.97 Å². The molecular weight excluding hydrogens is 248 g/mol. The first-order valence-corrected chi connectivity index (χ1v) is 7.47. The number of rotatable bonds is 7. The molecule has 1 unspecified atom stereocenters. The Morgan fingerprint density at radius 2 is 1.70 bits per heavy atom. The van der Waals surface area contributed by atoms with E-state index in [2.05, 4.69) is 26.5 Å². The van der Waals surface area contributed by atoms with Crippen LogP contribution in [0.3, 0.4) is 0 Å². The van der Waals surface area contributed by atoms with Gasteiger partial charge in [0.25, 0.3) is 0 Å². The standard InChI is InChI=1S/C18H32O2/c1-14(2)11-9-10-12-18(8,13-15(3)4)16(19)20-17(5,6)7/h11H,3,9-10,12-13H2,1-2,4-8H3. The van der Waals surface area contributed by atoms with E-state index in [-0.39, 0.29) is 5.97 Å². The maximum Gasteiger partial charge on any atom is 0.312 e. The topological polar surface area (TPSA) is 26.3 Å². The molecular formula is C18H32O2. The molecule has 0 aromatic rings. The molecule has 0 aromatic carbocycles. The van der Waals surface area contributed by atoms with Crippen LogP contribution < -0.4 is 0 Å². The van der Waals surface area contributed by atoms with Crippen molar-refractivity contribution in [2.45, 2.75) is 79.8 Å². The quantitative estimate of drug-likeness (QED) is 0.353. The maximum absolute atomic E-state index is 12.5. The number of hydrogen-bond acceptors (Lipinski definition) is 2. The number of unbranched alkanes of at least 4 members (excludes halogenated alkanes) is 1. The van der Waals surface area contributed by atoms with Crippen molar-refractivity contribution in [1.29, 1.82) is 0 Å². The van der Waals surface area contributed by atoms with Crippen molar-refractivity contribution < 1.29 is 9.53 Å². The molecule has 0 heterocycles. The van der Waals surface area contributed by atoms with Crippen LogP contribution in [0.4, 0.5) is 0 Å². The lowest BCUT2D eigenvalue weighted by Crippen LogP contribution is -2.36. The van der Waals surface area contributed by atoms with Gasteiger partial charge in [-0.15, -0.1) is 6.58 Å². The molecule has 0 saturated heterocycles. The van der Waals surface area contributed by atoms with Gasteiger partial charge in [0.1, 0.15) is 5.60 Å². The van der Waals surface area contributed by atoms with E-state index < -0.39 is 11.0 Å². The predicted octanol–water partition coefficient (Wildman–Crippen LogP) is 5.44. The van der Waals surface area contributed by atoms with E-state index in [1.54, 1.807) is 0 Å². The van der Waals surface area contributed by atoms with Gasteiger partial charge in [0.2, 0.25) is 0 Å². The Morgan fingerprint density at radius 1 is 1.15 bits per heavy atom. The smallest absolute Gasteiger partial charge is 0.312 e. The summed E-state index contributed by atoms with van der Waals surface area (Å²) in [4.78, 5) is 12.5. The van der Waals surface area contributed by atoms with Crippen LogP contribution >= 0.6 is 0 Å². The van der Waals surface area contributed by atoms with Crippen LogP contribution in [0.5, 0.6) is 0 Å². The first-order chi connectivity index (χ1) is 8.96. The van der Waals surface area contributed by atoms with Crippen molar-refractivity contribution in [3.8, 4) is 0 Å². The molecule has 0 radical (unpaired) electrons. The summed E-state index contributed by atoms with van der Waals surface area (Å²) < 4.78 is 5.59. The number of ether oxygens (including phenoxy) is 1. The van der Waals surface area contributed by atoms with E-state index in [4.69, 9.17) is 4.74 Å². The second-order valence-corrected chi connectivity index (χ2v) is 7.37. The molecule has 116 valence electrons. The second-order valence-electron chi connectivity index (χ2n) is 7.37. The fourth-order valence-electron chi connectivity index (χ4n) is 2.21. The van der Waals surface area contributed by atoms with Crippen LogP contribution in [-0.2, 0) is 9.53 Å². The minimum atomic E-state index is -0.464. The summed E-state index contributed by atoms with van der Waals surface area (Å²) in [6.07, 6.45) is 5.75. The monoisotopic (exact) mass is 280 g/mol. The van der Waals surface area contributed by atoms with E-state index in [0.717, 1.165) is 24.8 Å². The van der Waals surface area contributed by atoms with Crippen molar-refractivity contribution in [1.82, 2.24) is 0 Å². The first kappa shape index (κ1) is 18.9. The third-order valence-corrected chi connectivity index (χ3v) is 3.07. The summed E-state index contributed by atoms with van der Waals surface area (Å²) in [5.41, 5.74) is 1.45. The molecule has 0 saturated carbocycles. The molecule has 0 amide bonds. The number of carbonyl (C=O) groups excluding carboxylic acids is 1. The Kier molecular flexibility index (Phi) is 7.26. The van der Waals surface area contributed by atoms with E-state index in [9.17, 15) is 4.79 Å². The van der Waals surface area contributed by atoms with Crippen molar-refractivity contribution in [2.24, 2.45) is 5.41 Å². The minimum absolute atomic E-state index is 0.106. The maximum atomic E-state index is 12.5. The fourth-order valence-corrected chi connectivity index (χ4v) is 2.21. The SMILES string of the molecule is C=C(C)CC(C)(CCCC=C(C)C)C(=O)OC(C)(C)C. The number of carbonyl (C=O) groups is 1. The molecule has 0 fully saturated rings. The zero-order valence-corrected chi connectivity index (χ0v) is 14.4. The second kappa shape index (κ2) is 7.66. The summed E-state index contributed by atoms with van der Waals surface area (Å²) in [6.45, 7) is 17.9. The molecule has 0 bridgehead atoms. The van der Waals surface area contributed by atoms with Gasteiger partial charge in [-0.05, 0) is 74.1 Å². The lowest BCUT2D eigenvalue weighted by atomic mass is 9.79. The Labute approximate surface area is 125 Å². The molecule has 0 rings (SSSR count). The Bertz CT molecular complexity index is 367. The van der Waals surface area contributed by atoms with E-state index >= 15 is 0 Å². The summed E-state index contributed by atoms with van der Waals surface area (Å²) in [5, 5.41) is 0. The number of esters is 1. The van der Waals surface area contributed by atoms with E-state index in [1.807, 2.05) is 34.6 Å². The van der Waals surface area contributed by atoms with Gasteiger partial charge < -0.3 is 4.74 Å². The molecule has 1 atom stereocenters. The molecule has 0 spiro atoms. The highest BCUT2D eigenvalue weighted by Gasteiger charge is 2.36. The fraction of sp³-hybridized carbons (Fsp3) is 0.722. The highest BCUT2D eigenvalue weighted by molar-refractivity contribution is 5.77.